The third-order valence-corrected chi connectivity index (χ3v) is 4.52. The fraction of sp³-hybridized carbons (Fsp3) is 0.600. The molecule has 2 aliphatic rings. The van der Waals surface area contributed by atoms with Gasteiger partial charge in [0.1, 0.15) is 0 Å². The Hall–Kier alpha value is -0.580. The average Bonchev–Trinajstić information content (AvgIpc) is 2.49. The molecule has 2 aliphatic heterocycles. The molecule has 4 heteroatoms. The summed E-state index contributed by atoms with van der Waals surface area (Å²) < 4.78 is 6.64. The Labute approximate surface area is 123 Å². The molecular weight excluding hydrogens is 304 g/mol. The van der Waals surface area contributed by atoms with Crippen molar-refractivity contribution in [1.29, 1.82) is 0 Å². The van der Waals surface area contributed by atoms with Crippen molar-refractivity contribution >= 4 is 21.6 Å². The van der Waals surface area contributed by atoms with Crippen molar-refractivity contribution in [3.05, 3.63) is 28.2 Å². The summed E-state index contributed by atoms with van der Waals surface area (Å²) in [6.45, 7) is 4.82. The predicted octanol–water partition coefficient (Wildman–Crippen LogP) is 3.10. The van der Waals surface area contributed by atoms with Crippen molar-refractivity contribution in [1.82, 2.24) is 5.32 Å². The normalized spacial score (nSPS) is 24.5. The third-order valence-electron chi connectivity index (χ3n) is 4.03. The zero-order chi connectivity index (χ0) is 13.1. The lowest BCUT2D eigenvalue weighted by Gasteiger charge is -2.34. The summed E-state index contributed by atoms with van der Waals surface area (Å²) >= 11 is 3.62. The highest BCUT2D eigenvalue weighted by atomic mass is 79.9. The topological polar surface area (TPSA) is 24.5 Å². The van der Waals surface area contributed by atoms with E-state index < -0.39 is 0 Å². The molecule has 19 heavy (non-hydrogen) atoms. The van der Waals surface area contributed by atoms with Gasteiger partial charge in [0.15, 0.2) is 0 Å². The Kier molecular flexibility index (Phi) is 4.41. The molecule has 2 fully saturated rings. The van der Waals surface area contributed by atoms with Gasteiger partial charge in [-0.2, -0.15) is 0 Å². The van der Waals surface area contributed by atoms with Crippen LogP contribution in [0.2, 0.25) is 0 Å². The van der Waals surface area contributed by atoms with Crippen molar-refractivity contribution in [3.63, 3.8) is 0 Å². The van der Waals surface area contributed by atoms with Crippen LogP contribution in [-0.2, 0) is 4.74 Å². The monoisotopic (exact) mass is 324 g/mol. The second kappa shape index (κ2) is 6.25. The second-order valence-corrected chi connectivity index (χ2v) is 6.22. The van der Waals surface area contributed by atoms with E-state index in [1.165, 1.54) is 35.0 Å². The summed E-state index contributed by atoms with van der Waals surface area (Å²) in [7, 11) is 0. The van der Waals surface area contributed by atoms with Crippen LogP contribution in [0.1, 0.15) is 30.9 Å². The highest BCUT2D eigenvalue weighted by Gasteiger charge is 2.22. The van der Waals surface area contributed by atoms with Crippen LogP contribution in [0.4, 0.5) is 5.69 Å². The largest absolute Gasteiger partial charge is 0.378 e. The Morgan fingerprint density at radius 1 is 1.21 bits per heavy atom. The fourth-order valence-electron chi connectivity index (χ4n) is 3.01. The van der Waals surface area contributed by atoms with Crippen LogP contribution in [-0.4, -0.2) is 32.8 Å². The van der Waals surface area contributed by atoms with Gasteiger partial charge >= 0.3 is 0 Å². The number of halogens is 1. The molecule has 2 saturated heterocycles. The van der Waals surface area contributed by atoms with E-state index in [2.05, 4.69) is 44.3 Å². The first kappa shape index (κ1) is 13.4. The van der Waals surface area contributed by atoms with Gasteiger partial charge in [-0.25, -0.2) is 0 Å². The lowest BCUT2D eigenvalue weighted by Crippen LogP contribution is -2.38. The number of nitrogens with one attached hydrogen (secondary N) is 1. The van der Waals surface area contributed by atoms with Crippen molar-refractivity contribution < 1.29 is 4.74 Å². The smallest absolute Gasteiger partial charge is 0.0642 e. The van der Waals surface area contributed by atoms with Gasteiger partial charge in [0.25, 0.3) is 0 Å². The Morgan fingerprint density at radius 2 is 2.05 bits per heavy atom. The highest BCUT2D eigenvalue weighted by molar-refractivity contribution is 9.10. The standard InChI is InChI=1S/C15H21BrN2O/c16-12-4-5-15(18-7-9-19-10-8-18)13(11-12)14-3-1-2-6-17-14/h4-5,11,14,17H,1-3,6-10H2. The molecule has 1 unspecified atom stereocenters. The van der Waals surface area contributed by atoms with Crippen molar-refractivity contribution in [3.8, 4) is 0 Å². The SMILES string of the molecule is Brc1ccc(N2CCOCC2)c(C2CCCCN2)c1. The van der Waals surface area contributed by atoms with E-state index in [1.807, 2.05) is 0 Å². The maximum atomic E-state index is 5.46. The molecule has 0 saturated carbocycles. The number of hydrogen-bond acceptors (Lipinski definition) is 3. The van der Waals surface area contributed by atoms with Gasteiger partial charge < -0.3 is 15.0 Å². The van der Waals surface area contributed by atoms with Gasteiger partial charge in [-0.3, -0.25) is 0 Å². The molecule has 3 rings (SSSR count). The molecule has 104 valence electrons. The number of nitrogens with zero attached hydrogens (tertiary/aromatic N) is 1. The Morgan fingerprint density at radius 3 is 2.79 bits per heavy atom. The number of piperidine rings is 1. The molecule has 0 radical (unpaired) electrons. The molecule has 0 bridgehead atoms. The number of anilines is 1. The van der Waals surface area contributed by atoms with Gasteiger partial charge in [0.05, 0.1) is 13.2 Å². The molecule has 0 aromatic heterocycles. The number of hydrogen-bond donors (Lipinski definition) is 1. The third kappa shape index (κ3) is 3.12. The summed E-state index contributed by atoms with van der Waals surface area (Å²) in [4.78, 5) is 2.46. The molecule has 1 N–H and O–H groups in total. The van der Waals surface area contributed by atoms with Crippen LogP contribution in [0.5, 0.6) is 0 Å². The van der Waals surface area contributed by atoms with Crippen LogP contribution in [0.25, 0.3) is 0 Å². The maximum Gasteiger partial charge on any atom is 0.0642 e. The van der Waals surface area contributed by atoms with Crippen LogP contribution in [0.15, 0.2) is 22.7 Å². The van der Waals surface area contributed by atoms with E-state index in [9.17, 15) is 0 Å². The lowest BCUT2D eigenvalue weighted by molar-refractivity contribution is 0.122. The Balaban J connectivity index is 1.88. The maximum absolute atomic E-state index is 5.46. The molecule has 3 nitrogen and oxygen atoms in total. The molecule has 1 atom stereocenters. The van der Waals surface area contributed by atoms with Crippen LogP contribution >= 0.6 is 15.9 Å². The zero-order valence-corrected chi connectivity index (χ0v) is 12.8. The first-order chi connectivity index (χ1) is 9.34. The number of morpholine rings is 1. The van der Waals surface area contributed by atoms with E-state index in [4.69, 9.17) is 4.74 Å². The zero-order valence-electron chi connectivity index (χ0n) is 11.2. The molecule has 0 amide bonds. The summed E-state index contributed by atoms with van der Waals surface area (Å²) in [5, 5.41) is 3.66. The number of benzene rings is 1. The number of ether oxygens (including phenoxy) is 1. The lowest BCUT2D eigenvalue weighted by atomic mass is 9.95. The van der Waals surface area contributed by atoms with Crippen molar-refractivity contribution in [2.75, 3.05) is 37.7 Å². The summed E-state index contributed by atoms with van der Waals surface area (Å²) in [5.74, 6) is 0. The summed E-state index contributed by atoms with van der Waals surface area (Å²) in [5.41, 5.74) is 2.82. The van der Waals surface area contributed by atoms with E-state index in [-0.39, 0.29) is 0 Å². The van der Waals surface area contributed by atoms with Gasteiger partial charge in [0.2, 0.25) is 0 Å². The molecule has 0 aliphatic carbocycles. The van der Waals surface area contributed by atoms with Gasteiger partial charge in [-0.05, 0) is 43.1 Å². The van der Waals surface area contributed by atoms with Crippen LogP contribution in [0.3, 0.4) is 0 Å². The van der Waals surface area contributed by atoms with E-state index >= 15 is 0 Å². The van der Waals surface area contributed by atoms with Crippen molar-refractivity contribution in [2.24, 2.45) is 0 Å². The molecule has 0 spiro atoms. The van der Waals surface area contributed by atoms with Crippen LogP contribution < -0.4 is 10.2 Å². The first-order valence-corrected chi connectivity index (χ1v) is 7.99. The predicted molar refractivity (Wildman–Crippen MR) is 81.8 cm³/mol. The Bertz CT molecular complexity index is 426. The first-order valence-electron chi connectivity index (χ1n) is 7.20. The van der Waals surface area contributed by atoms with Gasteiger partial charge in [-0.15, -0.1) is 0 Å². The highest BCUT2D eigenvalue weighted by Crippen LogP contribution is 2.33. The van der Waals surface area contributed by atoms with Crippen LogP contribution in [0, 0.1) is 0 Å². The van der Waals surface area contributed by atoms with Crippen molar-refractivity contribution in [2.45, 2.75) is 25.3 Å². The average molecular weight is 325 g/mol. The minimum absolute atomic E-state index is 0.504. The minimum atomic E-state index is 0.504. The molecule has 1 aromatic carbocycles. The van der Waals surface area contributed by atoms with Gasteiger partial charge in [0, 0.05) is 29.3 Å². The quantitative estimate of drug-likeness (QED) is 0.904. The summed E-state index contributed by atoms with van der Waals surface area (Å²) in [6, 6.07) is 7.19. The van der Waals surface area contributed by atoms with E-state index in [0.717, 1.165) is 32.8 Å². The fourth-order valence-corrected chi connectivity index (χ4v) is 3.39. The minimum Gasteiger partial charge on any atom is -0.378 e. The molecule has 1 aromatic rings. The van der Waals surface area contributed by atoms with E-state index in [0.29, 0.717) is 6.04 Å². The molecule has 2 heterocycles. The second-order valence-electron chi connectivity index (χ2n) is 5.31. The van der Waals surface area contributed by atoms with E-state index in [1.54, 1.807) is 0 Å². The molecular formula is C15H21BrN2O. The number of rotatable bonds is 2. The summed E-state index contributed by atoms with van der Waals surface area (Å²) in [6.07, 6.45) is 3.87. The van der Waals surface area contributed by atoms with Gasteiger partial charge in [-0.1, -0.05) is 22.4 Å².